The van der Waals surface area contributed by atoms with Gasteiger partial charge >= 0.3 is 0 Å². The van der Waals surface area contributed by atoms with Crippen LogP contribution in [-0.4, -0.2) is 42.8 Å². The van der Waals surface area contributed by atoms with E-state index in [2.05, 4.69) is 43.0 Å². The molecule has 1 aromatic rings. The Hall–Kier alpha value is -0.900. The zero-order valence-electron chi connectivity index (χ0n) is 11.6. The van der Waals surface area contributed by atoms with Gasteiger partial charge in [0.05, 0.1) is 0 Å². The van der Waals surface area contributed by atoms with Crippen LogP contribution in [0.5, 0.6) is 0 Å². The van der Waals surface area contributed by atoms with Gasteiger partial charge in [0, 0.05) is 31.7 Å². The zero-order valence-corrected chi connectivity index (χ0v) is 11.6. The molecule has 0 aliphatic carbocycles. The van der Waals surface area contributed by atoms with Crippen molar-refractivity contribution in [1.29, 1.82) is 0 Å². The van der Waals surface area contributed by atoms with E-state index in [4.69, 9.17) is 10.8 Å². The van der Waals surface area contributed by atoms with Crippen molar-refractivity contribution in [3.05, 3.63) is 35.9 Å². The predicted octanol–water partition coefficient (Wildman–Crippen LogP) is 1.61. The third-order valence-corrected chi connectivity index (χ3v) is 3.57. The summed E-state index contributed by atoms with van der Waals surface area (Å²) < 4.78 is 0. The zero-order chi connectivity index (χ0) is 13.4. The van der Waals surface area contributed by atoms with E-state index in [1.807, 2.05) is 6.07 Å². The van der Waals surface area contributed by atoms with Crippen LogP contribution in [0.25, 0.3) is 0 Å². The van der Waals surface area contributed by atoms with Gasteiger partial charge in [-0.25, -0.2) is 0 Å². The molecule has 1 unspecified atom stereocenters. The van der Waals surface area contributed by atoms with Crippen LogP contribution in [0.3, 0.4) is 0 Å². The van der Waals surface area contributed by atoms with E-state index in [1.54, 1.807) is 0 Å². The van der Waals surface area contributed by atoms with Gasteiger partial charge in [0.15, 0.2) is 0 Å². The molecule has 3 N–H and O–H groups in total. The second kappa shape index (κ2) is 7.52. The van der Waals surface area contributed by atoms with Gasteiger partial charge in [-0.15, -0.1) is 0 Å². The first kappa shape index (κ1) is 15.2. The molecule has 0 aromatic heterocycles. The number of nitrogens with zero attached hydrogens (tertiary/aromatic N) is 1. The maximum atomic E-state index is 8.93. The highest BCUT2D eigenvalue weighted by atomic mass is 16.3. The third kappa shape index (κ3) is 4.09. The molecule has 0 aliphatic rings. The minimum Gasteiger partial charge on any atom is -0.396 e. The summed E-state index contributed by atoms with van der Waals surface area (Å²) in [4.78, 5) is 2.36. The fourth-order valence-electron chi connectivity index (χ4n) is 2.25. The number of aliphatic hydroxyl groups excluding tert-OH is 1. The van der Waals surface area contributed by atoms with Gasteiger partial charge in [0.25, 0.3) is 0 Å². The quantitative estimate of drug-likeness (QED) is 0.737. The van der Waals surface area contributed by atoms with Crippen molar-refractivity contribution in [3.8, 4) is 0 Å². The first-order valence-corrected chi connectivity index (χ1v) is 6.75. The molecule has 1 rings (SSSR count). The SMILES string of the molecule is CCN(CCCO)CC(C)(CN)c1ccccc1. The van der Waals surface area contributed by atoms with Crippen molar-refractivity contribution in [3.63, 3.8) is 0 Å². The molecule has 0 bridgehead atoms. The minimum atomic E-state index is -0.0211. The molecule has 0 saturated carbocycles. The topological polar surface area (TPSA) is 49.5 Å². The van der Waals surface area contributed by atoms with Gasteiger partial charge in [-0.3, -0.25) is 0 Å². The molecule has 1 atom stereocenters. The van der Waals surface area contributed by atoms with Gasteiger partial charge in [0.2, 0.25) is 0 Å². The number of benzene rings is 1. The maximum absolute atomic E-state index is 8.93. The fraction of sp³-hybridized carbons (Fsp3) is 0.600. The molecule has 0 heterocycles. The summed E-state index contributed by atoms with van der Waals surface area (Å²) in [5.41, 5.74) is 7.26. The van der Waals surface area contributed by atoms with Crippen LogP contribution < -0.4 is 5.73 Å². The Labute approximate surface area is 111 Å². The lowest BCUT2D eigenvalue weighted by molar-refractivity contribution is 0.198. The van der Waals surface area contributed by atoms with Crippen molar-refractivity contribution < 1.29 is 5.11 Å². The van der Waals surface area contributed by atoms with Crippen molar-refractivity contribution in [2.45, 2.75) is 25.7 Å². The summed E-state index contributed by atoms with van der Waals surface area (Å²) in [6.07, 6.45) is 0.823. The summed E-state index contributed by atoms with van der Waals surface area (Å²) in [6, 6.07) is 10.4. The summed E-state index contributed by atoms with van der Waals surface area (Å²) >= 11 is 0. The monoisotopic (exact) mass is 250 g/mol. The Balaban J connectivity index is 2.75. The summed E-state index contributed by atoms with van der Waals surface area (Å²) in [5.74, 6) is 0. The molecule has 3 heteroatoms. The van der Waals surface area contributed by atoms with Crippen molar-refractivity contribution >= 4 is 0 Å². The van der Waals surface area contributed by atoms with E-state index in [0.717, 1.165) is 26.1 Å². The average Bonchev–Trinajstić information content (AvgIpc) is 2.44. The van der Waals surface area contributed by atoms with E-state index in [1.165, 1.54) is 5.56 Å². The van der Waals surface area contributed by atoms with Gasteiger partial charge in [-0.2, -0.15) is 0 Å². The smallest absolute Gasteiger partial charge is 0.0443 e. The van der Waals surface area contributed by atoms with Crippen LogP contribution in [0.1, 0.15) is 25.8 Å². The van der Waals surface area contributed by atoms with E-state index in [0.29, 0.717) is 6.54 Å². The Morgan fingerprint density at radius 1 is 1.28 bits per heavy atom. The molecular formula is C15H26N2O. The van der Waals surface area contributed by atoms with Crippen LogP contribution in [0.4, 0.5) is 0 Å². The Morgan fingerprint density at radius 3 is 2.44 bits per heavy atom. The number of likely N-dealkylation sites (N-methyl/N-ethyl adjacent to an activating group) is 1. The van der Waals surface area contributed by atoms with Crippen LogP contribution in [-0.2, 0) is 5.41 Å². The molecule has 0 radical (unpaired) electrons. The van der Waals surface area contributed by atoms with Gasteiger partial charge in [-0.1, -0.05) is 44.2 Å². The van der Waals surface area contributed by atoms with Crippen molar-refractivity contribution in [2.75, 3.05) is 32.8 Å². The average molecular weight is 250 g/mol. The molecule has 0 fully saturated rings. The highest BCUT2D eigenvalue weighted by Crippen LogP contribution is 2.23. The maximum Gasteiger partial charge on any atom is 0.0443 e. The Morgan fingerprint density at radius 2 is 1.94 bits per heavy atom. The van der Waals surface area contributed by atoms with Gasteiger partial charge in [-0.05, 0) is 18.5 Å². The second-order valence-electron chi connectivity index (χ2n) is 5.08. The van der Waals surface area contributed by atoms with E-state index >= 15 is 0 Å². The number of rotatable bonds is 8. The van der Waals surface area contributed by atoms with E-state index < -0.39 is 0 Å². The standard InChI is InChI=1S/C15H26N2O/c1-3-17(10-7-11-18)13-15(2,12-16)14-8-5-4-6-9-14/h4-6,8-9,18H,3,7,10-13,16H2,1-2H3. The predicted molar refractivity (Wildman–Crippen MR) is 76.7 cm³/mol. The van der Waals surface area contributed by atoms with Gasteiger partial charge < -0.3 is 15.7 Å². The van der Waals surface area contributed by atoms with E-state index in [9.17, 15) is 0 Å². The largest absolute Gasteiger partial charge is 0.396 e. The minimum absolute atomic E-state index is 0.0211. The summed E-state index contributed by atoms with van der Waals surface area (Å²) in [7, 11) is 0. The molecule has 0 saturated heterocycles. The summed E-state index contributed by atoms with van der Waals surface area (Å²) in [6.45, 7) is 8.10. The van der Waals surface area contributed by atoms with Gasteiger partial charge in [0.1, 0.15) is 0 Å². The molecule has 18 heavy (non-hydrogen) atoms. The van der Waals surface area contributed by atoms with Crippen LogP contribution in [0.15, 0.2) is 30.3 Å². The first-order valence-electron chi connectivity index (χ1n) is 6.75. The molecule has 0 spiro atoms. The highest BCUT2D eigenvalue weighted by molar-refractivity contribution is 5.25. The number of hydrogen-bond donors (Lipinski definition) is 2. The summed E-state index contributed by atoms with van der Waals surface area (Å²) in [5, 5.41) is 8.93. The first-order chi connectivity index (χ1) is 8.66. The van der Waals surface area contributed by atoms with Crippen LogP contribution in [0.2, 0.25) is 0 Å². The molecule has 102 valence electrons. The molecular weight excluding hydrogens is 224 g/mol. The van der Waals surface area contributed by atoms with Crippen molar-refractivity contribution in [1.82, 2.24) is 4.90 Å². The number of aliphatic hydroxyl groups is 1. The van der Waals surface area contributed by atoms with Crippen LogP contribution >= 0.6 is 0 Å². The lowest BCUT2D eigenvalue weighted by Crippen LogP contribution is -2.44. The van der Waals surface area contributed by atoms with Crippen molar-refractivity contribution in [2.24, 2.45) is 5.73 Å². The normalized spacial score (nSPS) is 14.7. The highest BCUT2D eigenvalue weighted by Gasteiger charge is 2.26. The lowest BCUT2D eigenvalue weighted by atomic mass is 9.82. The molecule has 1 aromatic carbocycles. The number of nitrogens with two attached hydrogens (primary N) is 1. The third-order valence-electron chi connectivity index (χ3n) is 3.57. The molecule has 0 amide bonds. The molecule has 3 nitrogen and oxygen atoms in total. The Bertz CT molecular complexity index is 329. The fourth-order valence-corrected chi connectivity index (χ4v) is 2.25. The van der Waals surface area contributed by atoms with E-state index in [-0.39, 0.29) is 12.0 Å². The number of hydrogen-bond acceptors (Lipinski definition) is 3. The second-order valence-corrected chi connectivity index (χ2v) is 5.08. The van der Waals surface area contributed by atoms with Crippen LogP contribution in [0, 0.1) is 0 Å². The Kier molecular flexibility index (Phi) is 6.33. The molecule has 0 aliphatic heterocycles. The lowest BCUT2D eigenvalue weighted by Gasteiger charge is -2.34.